The molecule has 21 heavy (non-hydrogen) atoms. The number of rotatable bonds is 3. The predicted molar refractivity (Wildman–Crippen MR) is 75.3 cm³/mol. The second kappa shape index (κ2) is 5.95. The van der Waals surface area contributed by atoms with Gasteiger partial charge in [0, 0.05) is 19.6 Å². The van der Waals surface area contributed by atoms with Crippen molar-refractivity contribution >= 4 is 11.6 Å². The van der Waals surface area contributed by atoms with Crippen molar-refractivity contribution in [2.75, 3.05) is 18.9 Å². The van der Waals surface area contributed by atoms with Gasteiger partial charge in [0.15, 0.2) is 0 Å². The van der Waals surface area contributed by atoms with Crippen molar-refractivity contribution in [3.63, 3.8) is 0 Å². The number of halogens is 3. The Bertz CT molecular complexity index is 528. The van der Waals surface area contributed by atoms with E-state index < -0.39 is 11.7 Å². The molecule has 1 saturated heterocycles. The third kappa shape index (κ3) is 2.99. The molecule has 1 heterocycles. The van der Waals surface area contributed by atoms with Crippen LogP contribution in [0.3, 0.4) is 0 Å². The Kier molecular flexibility index (Phi) is 4.44. The van der Waals surface area contributed by atoms with E-state index in [0.29, 0.717) is 6.54 Å². The number of carbonyl (C=O) groups is 1. The Labute approximate surface area is 122 Å². The van der Waals surface area contributed by atoms with E-state index in [0.717, 1.165) is 25.3 Å². The van der Waals surface area contributed by atoms with E-state index in [1.165, 1.54) is 19.2 Å². The van der Waals surface area contributed by atoms with Crippen LogP contribution in [-0.2, 0) is 6.18 Å². The summed E-state index contributed by atoms with van der Waals surface area (Å²) in [4.78, 5) is 14.3. The van der Waals surface area contributed by atoms with E-state index in [1.807, 2.05) is 6.92 Å². The molecule has 1 unspecified atom stereocenters. The monoisotopic (exact) mass is 300 g/mol. The van der Waals surface area contributed by atoms with E-state index in [4.69, 9.17) is 0 Å². The summed E-state index contributed by atoms with van der Waals surface area (Å²) in [6.45, 7) is 2.60. The largest absolute Gasteiger partial charge is 0.418 e. The number of nitrogens with zero attached hydrogens (tertiary/aromatic N) is 1. The van der Waals surface area contributed by atoms with E-state index in [1.54, 1.807) is 4.90 Å². The summed E-state index contributed by atoms with van der Waals surface area (Å²) >= 11 is 0. The highest BCUT2D eigenvalue weighted by Gasteiger charge is 2.36. The molecule has 0 saturated carbocycles. The maximum atomic E-state index is 13.0. The average Bonchev–Trinajstić information content (AvgIpc) is 2.93. The van der Waals surface area contributed by atoms with Gasteiger partial charge in [0.25, 0.3) is 5.91 Å². The number of carbonyl (C=O) groups excluding carboxylic acids is 1. The standard InChI is InChI=1S/C15H19F3N2O/c1-3-10-6-5-9-20(10)14(21)11-7-4-8-12(13(11)19-2)15(16,17)18/h4,7-8,10,19H,3,5-6,9H2,1-2H3. The number of likely N-dealkylation sites (tertiary alicyclic amines) is 1. The normalized spacial score (nSPS) is 18.9. The lowest BCUT2D eigenvalue weighted by Gasteiger charge is -2.25. The molecule has 6 heteroatoms. The van der Waals surface area contributed by atoms with Gasteiger partial charge in [0.2, 0.25) is 0 Å². The molecule has 0 radical (unpaired) electrons. The van der Waals surface area contributed by atoms with Crippen molar-refractivity contribution in [3.05, 3.63) is 29.3 Å². The molecule has 0 aromatic heterocycles. The van der Waals surface area contributed by atoms with Crippen LogP contribution in [0.2, 0.25) is 0 Å². The number of para-hydroxylation sites is 1. The van der Waals surface area contributed by atoms with E-state index in [2.05, 4.69) is 5.32 Å². The van der Waals surface area contributed by atoms with Crippen molar-refractivity contribution in [2.24, 2.45) is 0 Å². The molecule has 1 aromatic rings. The van der Waals surface area contributed by atoms with Crippen LogP contribution in [0.15, 0.2) is 18.2 Å². The second-order valence-corrected chi connectivity index (χ2v) is 5.18. The summed E-state index contributed by atoms with van der Waals surface area (Å²) in [5.41, 5.74) is -0.854. The highest BCUT2D eigenvalue weighted by Crippen LogP contribution is 2.37. The smallest absolute Gasteiger partial charge is 0.387 e. The van der Waals surface area contributed by atoms with Crippen LogP contribution in [0, 0.1) is 0 Å². The first-order chi connectivity index (χ1) is 9.90. The molecule has 0 bridgehead atoms. The Morgan fingerprint density at radius 2 is 2.14 bits per heavy atom. The number of amides is 1. The quantitative estimate of drug-likeness (QED) is 0.921. The van der Waals surface area contributed by atoms with Gasteiger partial charge < -0.3 is 10.2 Å². The number of benzene rings is 1. The summed E-state index contributed by atoms with van der Waals surface area (Å²) in [5.74, 6) is -0.324. The van der Waals surface area contributed by atoms with Gasteiger partial charge >= 0.3 is 6.18 Å². The lowest BCUT2D eigenvalue weighted by atomic mass is 10.0. The molecule has 116 valence electrons. The predicted octanol–water partition coefficient (Wildman–Crippen LogP) is 3.76. The third-order valence-corrected chi connectivity index (χ3v) is 3.96. The number of nitrogens with one attached hydrogen (secondary N) is 1. The van der Waals surface area contributed by atoms with Gasteiger partial charge in [0.05, 0.1) is 16.8 Å². The van der Waals surface area contributed by atoms with Crippen molar-refractivity contribution < 1.29 is 18.0 Å². The fourth-order valence-corrected chi connectivity index (χ4v) is 2.92. The van der Waals surface area contributed by atoms with Gasteiger partial charge in [-0.05, 0) is 31.4 Å². The zero-order valence-electron chi connectivity index (χ0n) is 12.1. The van der Waals surface area contributed by atoms with Gasteiger partial charge in [-0.2, -0.15) is 13.2 Å². The third-order valence-electron chi connectivity index (χ3n) is 3.96. The fraction of sp³-hybridized carbons (Fsp3) is 0.533. The lowest BCUT2D eigenvalue weighted by Crippen LogP contribution is -2.35. The molecule has 2 rings (SSSR count). The maximum absolute atomic E-state index is 13.0. The molecule has 1 aliphatic rings. The molecule has 1 aliphatic heterocycles. The van der Waals surface area contributed by atoms with Crippen LogP contribution in [-0.4, -0.2) is 30.4 Å². The van der Waals surface area contributed by atoms with Crippen LogP contribution in [0.25, 0.3) is 0 Å². The summed E-state index contributed by atoms with van der Waals surface area (Å²) in [7, 11) is 1.41. The highest BCUT2D eigenvalue weighted by molar-refractivity contribution is 6.00. The minimum Gasteiger partial charge on any atom is -0.387 e. The van der Waals surface area contributed by atoms with Crippen LogP contribution < -0.4 is 5.32 Å². The minimum absolute atomic E-state index is 0.0904. The average molecular weight is 300 g/mol. The molecule has 0 spiro atoms. The summed E-state index contributed by atoms with van der Waals surface area (Å²) in [5, 5.41) is 2.54. The molecule has 1 N–H and O–H groups in total. The first-order valence-corrected chi connectivity index (χ1v) is 7.09. The van der Waals surface area contributed by atoms with E-state index in [9.17, 15) is 18.0 Å². The van der Waals surface area contributed by atoms with Crippen LogP contribution in [0.4, 0.5) is 18.9 Å². The minimum atomic E-state index is -4.48. The van der Waals surface area contributed by atoms with Gasteiger partial charge in [-0.15, -0.1) is 0 Å². The summed E-state index contributed by atoms with van der Waals surface area (Å²) in [6.07, 6.45) is -1.85. The summed E-state index contributed by atoms with van der Waals surface area (Å²) < 4.78 is 39.1. The number of hydrogen-bond donors (Lipinski definition) is 1. The Morgan fingerprint density at radius 1 is 1.43 bits per heavy atom. The Balaban J connectivity index is 2.42. The Hall–Kier alpha value is -1.72. The molecule has 1 fully saturated rings. The summed E-state index contributed by atoms with van der Waals surface area (Å²) in [6, 6.07) is 3.85. The number of anilines is 1. The van der Waals surface area contributed by atoms with E-state index in [-0.39, 0.29) is 23.2 Å². The maximum Gasteiger partial charge on any atom is 0.418 e. The van der Waals surface area contributed by atoms with Gasteiger partial charge in [-0.1, -0.05) is 13.0 Å². The van der Waals surface area contributed by atoms with E-state index >= 15 is 0 Å². The first kappa shape index (κ1) is 15.7. The van der Waals surface area contributed by atoms with Crippen molar-refractivity contribution in [1.29, 1.82) is 0 Å². The molecule has 1 aromatic carbocycles. The van der Waals surface area contributed by atoms with Crippen molar-refractivity contribution in [2.45, 2.75) is 38.4 Å². The van der Waals surface area contributed by atoms with Gasteiger partial charge in [0.1, 0.15) is 0 Å². The molecular formula is C15H19F3N2O. The Morgan fingerprint density at radius 3 is 2.71 bits per heavy atom. The molecule has 3 nitrogen and oxygen atoms in total. The lowest BCUT2D eigenvalue weighted by molar-refractivity contribution is -0.136. The zero-order chi connectivity index (χ0) is 15.6. The number of hydrogen-bond acceptors (Lipinski definition) is 2. The van der Waals surface area contributed by atoms with Crippen molar-refractivity contribution in [3.8, 4) is 0 Å². The number of alkyl halides is 3. The highest BCUT2D eigenvalue weighted by atomic mass is 19.4. The van der Waals surface area contributed by atoms with Crippen LogP contribution >= 0.6 is 0 Å². The van der Waals surface area contributed by atoms with Gasteiger partial charge in [-0.3, -0.25) is 4.79 Å². The first-order valence-electron chi connectivity index (χ1n) is 7.09. The van der Waals surface area contributed by atoms with Crippen molar-refractivity contribution in [1.82, 2.24) is 4.90 Å². The molecule has 1 amide bonds. The van der Waals surface area contributed by atoms with Gasteiger partial charge in [-0.25, -0.2) is 0 Å². The molecule has 1 atom stereocenters. The second-order valence-electron chi connectivity index (χ2n) is 5.18. The van der Waals surface area contributed by atoms with Crippen LogP contribution in [0.5, 0.6) is 0 Å². The molecular weight excluding hydrogens is 281 g/mol. The topological polar surface area (TPSA) is 32.3 Å². The zero-order valence-corrected chi connectivity index (χ0v) is 12.1. The van der Waals surface area contributed by atoms with Crippen LogP contribution in [0.1, 0.15) is 42.1 Å². The SMILES string of the molecule is CCC1CCCN1C(=O)c1cccc(C(F)(F)F)c1NC. The molecule has 0 aliphatic carbocycles. The fourth-order valence-electron chi connectivity index (χ4n) is 2.92.